The number of nitrogens with zero attached hydrogens (tertiary/aromatic N) is 1. The smallest absolute Gasteiger partial charge is 0.380 e. The molecule has 1 heterocycles. The molecule has 0 aliphatic carbocycles. The highest BCUT2D eigenvalue weighted by atomic mass is 19.4. The van der Waals surface area contributed by atoms with Crippen molar-refractivity contribution >= 4 is 5.91 Å². The second-order valence-corrected chi connectivity index (χ2v) is 7.03. The van der Waals surface area contributed by atoms with Crippen LogP contribution in [0.25, 0.3) is 0 Å². The quantitative estimate of drug-likeness (QED) is 0.851. The number of carbonyl (C=O) groups is 1. The maximum absolute atomic E-state index is 12.7. The van der Waals surface area contributed by atoms with Crippen LogP contribution in [0.5, 0.6) is 0 Å². The van der Waals surface area contributed by atoms with E-state index < -0.39 is 18.3 Å². The fourth-order valence-corrected chi connectivity index (χ4v) is 2.92. The van der Waals surface area contributed by atoms with Crippen molar-refractivity contribution < 1.29 is 23.1 Å². The van der Waals surface area contributed by atoms with E-state index in [9.17, 15) is 23.1 Å². The van der Waals surface area contributed by atoms with Gasteiger partial charge in [0.1, 0.15) is 0 Å². The predicted octanol–water partition coefficient (Wildman–Crippen LogP) is 2.64. The Labute approximate surface area is 146 Å². The van der Waals surface area contributed by atoms with Crippen molar-refractivity contribution in [3.05, 3.63) is 35.4 Å². The van der Waals surface area contributed by atoms with Gasteiger partial charge in [-0.25, -0.2) is 0 Å². The summed E-state index contributed by atoms with van der Waals surface area (Å²) in [4.78, 5) is 13.8. The van der Waals surface area contributed by atoms with Crippen molar-refractivity contribution in [2.75, 3.05) is 19.6 Å². The van der Waals surface area contributed by atoms with Gasteiger partial charge in [-0.2, -0.15) is 13.2 Å². The molecule has 25 heavy (non-hydrogen) atoms. The third kappa shape index (κ3) is 5.44. The molecule has 0 aromatic heterocycles. The number of alkyl halides is 3. The Morgan fingerprint density at radius 1 is 1.24 bits per heavy atom. The van der Waals surface area contributed by atoms with Crippen molar-refractivity contribution in [1.29, 1.82) is 0 Å². The summed E-state index contributed by atoms with van der Waals surface area (Å²) in [6.45, 7) is 3.50. The van der Waals surface area contributed by atoms with E-state index in [-0.39, 0.29) is 11.8 Å². The molecular formula is C18H25F3N2O2. The van der Waals surface area contributed by atoms with E-state index in [0.717, 1.165) is 18.1 Å². The lowest BCUT2D eigenvalue weighted by atomic mass is 9.94. The Morgan fingerprint density at radius 3 is 2.32 bits per heavy atom. The van der Waals surface area contributed by atoms with E-state index in [1.807, 2.05) is 31.2 Å². The molecule has 1 aliphatic rings. The number of aryl methyl sites for hydroxylation is 1. The summed E-state index contributed by atoms with van der Waals surface area (Å²) >= 11 is 0. The van der Waals surface area contributed by atoms with E-state index in [1.165, 1.54) is 0 Å². The highest BCUT2D eigenvalue weighted by Gasteiger charge is 2.50. The highest BCUT2D eigenvalue weighted by molar-refractivity contribution is 5.78. The van der Waals surface area contributed by atoms with Gasteiger partial charge in [0.2, 0.25) is 5.91 Å². The van der Waals surface area contributed by atoms with Crippen molar-refractivity contribution in [1.82, 2.24) is 10.2 Å². The molecule has 1 fully saturated rings. The number of halogens is 3. The number of piperidine rings is 1. The number of nitrogens with one attached hydrogen (secondary N) is 1. The minimum Gasteiger partial charge on any atom is -0.380 e. The molecule has 1 aromatic rings. The van der Waals surface area contributed by atoms with Gasteiger partial charge in [-0.1, -0.05) is 29.8 Å². The first kappa shape index (κ1) is 19.7. The lowest BCUT2D eigenvalue weighted by Crippen LogP contribution is -2.53. The van der Waals surface area contributed by atoms with Crippen LogP contribution in [0.3, 0.4) is 0 Å². The zero-order chi connectivity index (χ0) is 18.7. The molecule has 1 amide bonds. The molecule has 7 heteroatoms. The summed E-state index contributed by atoms with van der Waals surface area (Å²) < 4.78 is 38.2. The number of benzene rings is 1. The van der Waals surface area contributed by atoms with Crippen LogP contribution < -0.4 is 5.32 Å². The van der Waals surface area contributed by atoms with Crippen LogP contribution in [-0.4, -0.2) is 47.3 Å². The molecule has 2 N–H and O–H groups in total. The number of carbonyl (C=O) groups excluding carboxylic acids is 1. The number of hydrogen-bond donors (Lipinski definition) is 2. The number of β-amino-alcohol motifs (C(OH)–C–C–N with tert-alkyl or cyclic N) is 1. The molecule has 140 valence electrons. The average Bonchev–Trinajstić information content (AvgIpc) is 2.53. The molecule has 2 rings (SSSR count). The van der Waals surface area contributed by atoms with Crippen LogP contribution >= 0.6 is 0 Å². The number of likely N-dealkylation sites (tertiary alicyclic amines) is 1. The normalized spacial score (nSPS) is 19.4. The van der Waals surface area contributed by atoms with Gasteiger partial charge in [0.25, 0.3) is 0 Å². The van der Waals surface area contributed by atoms with Crippen LogP contribution in [-0.2, 0) is 11.3 Å². The van der Waals surface area contributed by atoms with Gasteiger partial charge in [-0.3, -0.25) is 4.79 Å². The van der Waals surface area contributed by atoms with Gasteiger partial charge in [0.05, 0.1) is 0 Å². The molecule has 4 nitrogen and oxygen atoms in total. The predicted molar refractivity (Wildman–Crippen MR) is 88.9 cm³/mol. The summed E-state index contributed by atoms with van der Waals surface area (Å²) in [5.74, 6) is -0.264. The SMILES string of the molecule is Cc1ccc(CNC(=O)C2CCN(CC(C)(O)C(F)(F)F)CC2)cc1. The van der Waals surface area contributed by atoms with Gasteiger partial charge in [-0.15, -0.1) is 0 Å². The molecule has 0 bridgehead atoms. The largest absolute Gasteiger partial charge is 0.418 e. The van der Waals surface area contributed by atoms with E-state index >= 15 is 0 Å². The second-order valence-electron chi connectivity index (χ2n) is 7.03. The van der Waals surface area contributed by atoms with Crippen LogP contribution in [0, 0.1) is 12.8 Å². The lowest BCUT2D eigenvalue weighted by Gasteiger charge is -2.36. The third-order valence-electron chi connectivity index (χ3n) is 4.69. The maximum Gasteiger partial charge on any atom is 0.418 e. The Balaban J connectivity index is 1.77. The molecule has 1 aliphatic heterocycles. The number of aliphatic hydroxyl groups is 1. The Hall–Kier alpha value is -1.60. The van der Waals surface area contributed by atoms with Gasteiger partial charge >= 0.3 is 6.18 Å². The standard InChI is InChI=1S/C18H25F3N2O2/c1-13-3-5-14(6-4-13)11-22-16(24)15-7-9-23(10-8-15)12-17(2,25)18(19,20)21/h3-6,15,25H,7-12H2,1-2H3,(H,22,24). The average molecular weight is 358 g/mol. The number of hydrogen-bond acceptors (Lipinski definition) is 3. The lowest BCUT2D eigenvalue weighted by molar-refractivity contribution is -0.258. The van der Waals surface area contributed by atoms with E-state index in [2.05, 4.69) is 5.32 Å². The van der Waals surface area contributed by atoms with E-state index in [0.29, 0.717) is 32.5 Å². The first-order valence-corrected chi connectivity index (χ1v) is 8.43. The zero-order valence-corrected chi connectivity index (χ0v) is 14.6. The van der Waals surface area contributed by atoms with Crippen LogP contribution in [0.4, 0.5) is 13.2 Å². The first-order chi connectivity index (χ1) is 11.6. The summed E-state index contributed by atoms with van der Waals surface area (Å²) in [6.07, 6.45) is -3.67. The second kappa shape index (κ2) is 7.74. The number of rotatable bonds is 5. The van der Waals surface area contributed by atoms with Crippen LogP contribution in [0.1, 0.15) is 30.9 Å². The Bertz CT molecular complexity index is 577. The van der Waals surface area contributed by atoms with Crippen LogP contribution in [0.15, 0.2) is 24.3 Å². The summed E-state index contributed by atoms with van der Waals surface area (Å²) in [5, 5.41) is 12.5. The maximum atomic E-state index is 12.7. The van der Waals surface area contributed by atoms with Gasteiger partial charge < -0.3 is 15.3 Å². The van der Waals surface area contributed by atoms with Crippen molar-refractivity contribution in [3.8, 4) is 0 Å². The van der Waals surface area contributed by atoms with Crippen molar-refractivity contribution in [2.24, 2.45) is 5.92 Å². The molecule has 1 unspecified atom stereocenters. The fraction of sp³-hybridized carbons (Fsp3) is 0.611. The van der Waals surface area contributed by atoms with E-state index in [1.54, 1.807) is 4.90 Å². The summed E-state index contributed by atoms with van der Waals surface area (Å²) in [7, 11) is 0. The zero-order valence-electron chi connectivity index (χ0n) is 14.6. The molecule has 0 spiro atoms. The molecule has 0 saturated carbocycles. The minimum absolute atomic E-state index is 0.0668. The van der Waals surface area contributed by atoms with Gasteiger partial charge in [0, 0.05) is 19.0 Å². The fourth-order valence-electron chi connectivity index (χ4n) is 2.92. The van der Waals surface area contributed by atoms with Crippen LogP contribution in [0.2, 0.25) is 0 Å². The Morgan fingerprint density at radius 2 is 1.80 bits per heavy atom. The van der Waals surface area contributed by atoms with Gasteiger partial charge in [-0.05, 0) is 45.3 Å². The number of amides is 1. The third-order valence-corrected chi connectivity index (χ3v) is 4.69. The molecule has 1 aromatic carbocycles. The van der Waals surface area contributed by atoms with Crippen molar-refractivity contribution in [3.63, 3.8) is 0 Å². The Kier molecular flexibility index (Phi) is 6.11. The van der Waals surface area contributed by atoms with E-state index in [4.69, 9.17) is 0 Å². The van der Waals surface area contributed by atoms with Gasteiger partial charge in [0.15, 0.2) is 5.60 Å². The minimum atomic E-state index is -4.66. The summed E-state index contributed by atoms with van der Waals surface area (Å²) in [5.41, 5.74) is -0.567. The van der Waals surface area contributed by atoms with Crippen molar-refractivity contribution in [2.45, 2.75) is 45.0 Å². The topological polar surface area (TPSA) is 52.6 Å². The first-order valence-electron chi connectivity index (χ1n) is 8.43. The molecule has 0 radical (unpaired) electrons. The highest BCUT2D eigenvalue weighted by Crippen LogP contribution is 2.31. The monoisotopic (exact) mass is 358 g/mol. The molecular weight excluding hydrogens is 333 g/mol. The molecule has 1 atom stereocenters. The summed E-state index contributed by atoms with van der Waals surface area (Å²) in [6, 6.07) is 7.87. The molecule has 1 saturated heterocycles.